The zero-order chi connectivity index (χ0) is 24.6. The van der Waals surface area contributed by atoms with Gasteiger partial charge in [-0.2, -0.15) is 0 Å². The Balaban J connectivity index is 0.000000240. The van der Waals surface area contributed by atoms with Gasteiger partial charge in [0.2, 0.25) is 20.0 Å². The Hall–Kier alpha value is -3.78. The molecule has 0 unspecified atom stereocenters. The Morgan fingerprint density at radius 3 is 1.11 bits per heavy atom. The van der Waals surface area contributed by atoms with Gasteiger partial charge in [-0.25, -0.2) is 16.8 Å². The Labute approximate surface area is 212 Å². The molecule has 0 aliphatic heterocycles. The van der Waals surface area contributed by atoms with Crippen molar-refractivity contribution in [3.8, 4) is 0 Å². The van der Waals surface area contributed by atoms with Crippen molar-refractivity contribution in [1.29, 1.82) is 0 Å². The van der Waals surface area contributed by atoms with E-state index in [0.29, 0.717) is 11.4 Å². The molecule has 0 spiro atoms. The largest absolute Gasteiger partial charge is 2.00 e. The van der Waals surface area contributed by atoms with Gasteiger partial charge < -0.3 is 31.4 Å². The third-order valence-electron chi connectivity index (χ3n) is 3.86. The normalized spacial score (nSPS) is 10.7. The minimum Gasteiger partial charge on any atom is -0.399 e. The van der Waals surface area contributed by atoms with Gasteiger partial charge in [-0.05, 0) is 73.3 Å². The number of hydrogen-bond donors (Lipinski definition) is 2. The molecule has 185 valence electrons. The molecule has 15 heteroatoms. The number of aromatic nitrogens is 4. The number of rotatable bonds is 6. The van der Waals surface area contributed by atoms with E-state index in [9.17, 15) is 16.8 Å². The number of sulfonamides is 2. The van der Waals surface area contributed by atoms with Gasteiger partial charge in [0.05, 0.1) is 9.79 Å². The third kappa shape index (κ3) is 8.19. The standard InChI is InChI=1S/2C10H9N4O2S.Cu/c2*11-8-2-4-9(5-3-8)17(15,16)14-10-12-6-1-7-13-10;/h2*1-7H,11H2;/q2*-1;+2. The van der Waals surface area contributed by atoms with E-state index in [1.54, 1.807) is 12.1 Å². The van der Waals surface area contributed by atoms with Gasteiger partial charge >= 0.3 is 17.1 Å². The molecule has 0 aliphatic rings. The number of nitrogens with two attached hydrogens (primary N) is 2. The van der Waals surface area contributed by atoms with Crippen LogP contribution in [0.1, 0.15) is 0 Å². The molecule has 12 nitrogen and oxygen atoms in total. The van der Waals surface area contributed by atoms with Crippen LogP contribution in [0.5, 0.6) is 0 Å². The maximum Gasteiger partial charge on any atom is 2.00 e. The smallest absolute Gasteiger partial charge is 0.399 e. The first-order chi connectivity index (χ1) is 16.2. The molecule has 0 atom stereocenters. The summed E-state index contributed by atoms with van der Waals surface area (Å²) in [5.74, 6) is -0.186. The van der Waals surface area contributed by atoms with Crippen molar-refractivity contribution in [3.63, 3.8) is 0 Å². The van der Waals surface area contributed by atoms with E-state index >= 15 is 0 Å². The Kier molecular flexibility index (Phi) is 9.48. The van der Waals surface area contributed by atoms with Crippen LogP contribution in [0.15, 0.2) is 95.2 Å². The van der Waals surface area contributed by atoms with Crippen molar-refractivity contribution < 1.29 is 33.9 Å². The topological polar surface area (TPSA) is 200 Å². The molecule has 0 saturated carbocycles. The number of hydrogen-bond acceptors (Lipinski definition) is 10. The molecule has 2 heterocycles. The minimum atomic E-state index is -3.79. The molecule has 0 aliphatic carbocycles. The third-order valence-corrected chi connectivity index (χ3v) is 6.41. The molecule has 35 heavy (non-hydrogen) atoms. The Bertz CT molecular complexity index is 1310. The van der Waals surface area contributed by atoms with Gasteiger partial charge in [0.25, 0.3) is 0 Å². The maximum atomic E-state index is 11.8. The first-order valence-corrected chi connectivity index (χ1v) is 12.2. The number of benzene rings is 2. The van der Waals surface area contributed by atoms with Crippen molar-refractivity contribution >= 4 is 43.3 Å². The van der Waals surface area contributed by atoms with E-state index in [-0.39, 0.29) is 38.8 Å². The second-order valence-electron chi connectivity index (χ2n) is 6.37. The van der Waals surface area contributed by atoms with Crippen molar-refractivity contribution in [2.75, 3.05) is 11.5 Å². The van der Waals surface area contributed by atoms with E-state index in [2.05, 4.69) is 29.4 Å². The van der Waals surface area contributed by atoms with Crippen molar-refractivity contribution in [1.82, 2.24) is 19.9 Å². The summed E-state index contributed by atoms with van der Waals surface area (Å²) in [6.45, 7) is 0. The summed E-state index contributed by atoms with van der Waals surface area (Å²) < 4.78 is 54.3. The molecule has 1 radical (unpaired) electrons. The SMILES string of the molecule is Nc1ccc(S(=O)(=O)[N-]c2ncccn2)cc1.Nc1ccc(S(=O)(=O)[N-]c2ncccn2)cc1.[Cu+2]. The van der Waals surface area contributed by atoms with E-state index in [4.69, 9.17) is 11.5 Å². The second-order valence-corrected chi connectivity index (χ2v) is 9.58. The zero-order valence-corrected chi connectivity index (χ0v) is 20.2. The molecular weight excluding hydrogens is 544 g/mol. The molecule has 4 N–H and O–H groups in total. The van der Waals surface area contributed by atoms with Crippen molar-refractivity contribution in [2.45, 2.75) is 9.79 Å². The summed E-state index contributed by atoms with van der Waals surface area (Å²) in [5, 5.41) is 0. The molecular formula is C20H18CuN8O4S2. The summed E-state index contributed by atoms with van der Waals surface area (Å²) in [4.78, 5) is 15.0. The predicted octanol–water partition coefficient (Wildman–Crippen LogP) is 2.90. The van der Waals surface area contributed by atoms with E-state index in [1.807, 2.05) is 0 Å². The van der Waals surface area contributed by atoms with Crippen LogP contribution in [0.25, 0.3) is 9.44 Å². The molecule has 0 bridgehead atoms. The Morgan fingerprint density at radius 2 is 0.829 bits per heavy atom. The van der Waals surface area contributed by atoms with Crippen molar-refractivity contribution in [2.24, 2.45) is 0 Å². The van der Waals surface area contributed by atoms with Gasteiger partial charge in [0.15, 0.2) is 0 Å². The van der Waals surface area contributed by atoms with Gasteiger partial charge in [-0.15, -0.1) is 0 Å². The van der Waals surface area contributed by atoms with Crippen LogP contribution in [0.4, 0.5) is 23.3 Å². The van der Waals surface area contributed by atoms with Crippen LogP contribution in [0, 0.1) is 0 Å². The summed E-state index contributed by atoms with van der Waals surface area (Å²) in [6, 6.07) is 14.7. The second kappa shape index (κ2) is 12.1. The molecule has 2 aromatic heterocycles. The molecule has 0 amide bonds. The predicted molar refractivity (Wildman–Crippen MR) is 126 cm³/mol. The van der Waals surface area contributed by atoms with E-state index in [0.717, 1.165) is 0 Å². The first-order valence-electron chi connectivity index (χ1n) is 9.37. The average Bonchev–Trinajstić information content (AvgIpc) is 2.81. The fourth-order valence-corrected chi connectivity index (χ4v) is 4.07. The molecule has 2 aromatic carbocycles. The van der Waals surface area contributed by atoms with Gasteiger partial charge in [0.1, 0.15) is 0 Å². The maximum absolute atomic E-state index is 11.8. The van der Waals surface area contributed by atoms with Crippen LogP contribution < -0.4 is 11.5 Å². The Morgan fingerprint density at radius 1 is 0.543 bits per heavy atom. The number of anilines is 2. The van der Waals surface area contributed by atoms with Crippen LogP contribution in [-0.2, 0) is 37.1 Å². The molecule has 0 fully saturated rings. The van der Waals surface area contributed by atoms with Crippen LogP contribution in [0.3, 0.4) is 0 Å². The number of nitrogens with zero attached hydrogens (tertiary/aromatic N) is 6. The van der Waals surface area contributed by atoms with E-state index < -0.39 is 20.0 Å². The molecule has 0 saturated heterocycles. The fourth-order valence-electron chi connectivity index (χ4n) is 2.28. The van der Waals surface area contributed by atoms with Gasteiger partial charge in [-0.1, -0.05) is 12.1 Å². The minimum absolute atomic E-state index is 0. The molecule has 4 aromatic rings. The van der Waals surface area contributed by atoms with Gasteiger partial charge in [-0.3, -0.25) is 9.44 Å². The molecule has 4 rings (SSSR count). The quantitative estimate of drug-likeness (QED) is 0.260. The fraction of sp³-hybridized carbons (Fsp3) is 0. The van der Waals surface area contributed by atoms with Gasteiger partial charge in [0, 0.05) is 23.3 Å². The number of nitrogen functional groups attached to an aromatic ring is 2. The summed E-state index contributed by atoms with van der Waals surface area (Å²) in [7, 11) is -7.57. The first kappa shape index (κ1) is 27.5. The monoisotopic (exact) mass is 561 g/mol. The van der Waals surface area contributed by atoms with Crippen LogP contribution in [-0.4, -0.2) is 36.8 Å². The summed E-state index contributed by atoms with van der Waals surface area (Å²) in [5.41, 5.74) is 11.9. The summed E-state index contributed by atoms with van der Waals surface area (Å²) in [6.07, 6.45) is 5.68. The van der Waals surface area contributed by atoms with Crippen LogP contribution in [0.2, 0.25) is 0 Å². The average molecular weight is 562 g/mol. The summed E-state index contributed by atoms with van der Waals surface area (Å²) >= 11 is 0. The zero-order valence-electron chi connectivity index (χ0n) is 17.7. The van der Waals surface area contributed by atoms with Crippen molar-refractivity contribution in [3.05, 3.63) is 94.9 Å². The van der Waals surface area contributed by atoms with Crippen LogP contribution >= 0.6 is 0 Å². The van der Waals surface area contributed by atoms with E-state index in [1.165, 1.54) is 73.3 Å².